The van der Waals surface area contributed by atoms with Gasteiger partial charge >= 0.3 is 0 Å². The van der Waals surface area contributed by atoms with E-state index in [-0.39, 0.29) is 17.9 Å². The molecule has 5 rings (SSSR count). The van der Waals surface area contributed by atoms with Crippen molar-refractivity contribution >= 4 is 23.3 Å². The van der Waals surface area contributed by atoms with Crippen molar-refractivity contribution in [3.8, 4) is 11.1 Å². The maximum atomic E-state index is 13.5. The summed E-state index contributed by atoms with van der Waals surface area (Å²) in [6.07, 6.45) is 7.42. The molecular formula is C35H43N7O2. The van der Waals surface area contributed by atoms with E-state index in [2.05, 4.69) is 70.2 Å². The number of anilines is 2. The molecule has 0 atom stereocenters. The first-order valence-corrected chi connectivity index (χ1v) is 15.4. The molecule has 4 aromatic rings. The molecular weight excluding hydrogens is 550 g/mol. The molecule has 2 aromatic carbocycles. The number of aromatic nitrogens is 3. The molecule has 2 N–H and O–H groups in total. The molecule has 3 heterocycles. The Morgan fingerprint density at radius 2 is 1.68 bits per heavy atom. The van der Waals surface area contributed by atoms with Crippen molar-refractivity contribution in [2.75, 3.05) is 44.4 Å². The molecule has 0 spiro atoms. The van der Waals surface area contributed by atoms with E-state index in [0.29, 0.717) is 35.8 Å². The van der Waals surface area contributed by atoms with E-state index in [1.165, 1.54) is 5.56 Å². The van der Waals surface area contributed by atoms with Crippen molar-refractivity contribution in [2.45, 2.75) is 52.1 Å². The first-order chi connectivity index (χ1) is 21.2. The van der Waals surface area contributed by atoms with Crippen molar-refractivity contribution in [3.63, 3.8) is 0 Å². The van der Waals surface area contributed by atoms with Gasteiger partial charge in [-0.1, -0.05) is 30.3 Å². The molecule has 2 aromatic heterocycles. The smallest absolute Gasteiger partial charge is 0.257 e. The second kappa shape index (κ2) is 13.9. The van der Waals surface area contributed by atoms with Crippen LogP contribution in [0, 0.1) is 6.92 Å². The van der Waals surface area contributed by atoms with Crippen LogP contribution in [0.4, 0.5) is 11.5 Å². The normalized spacial score (nSPS) is 13.8. The van der Waals surface area contributed by atoms with Crippen molar-refractivity contribution in [1.29, 1.82) is 0 Å². The van der Waals surface area contributed by atoms with Crippen LogP contribution in [-0.2, 0) is 6.54 Å². The van der Waals surface area contributed by atoms with Crippen LogP contribution in [-0.4, -0.2) is 76.2 Å². The number of likely N-dealkylation sites (N-methyl/N-ethyl adjacent to an activating group) is 1. The summed E-state index contributed by atoms with van der Waals surface area (Å²) in [6, 6.07) is 18.1. The lowest BCUT2D eigenvalue weighted by Gasteiger charge is -2.32. The molecule has 2 amide bonds. The zero-order valence-electron chi connectivity index (χ0n) is 26.4. The number of piperidine rings is 1. The molecule has 0 unspecified atom stereocenters. The van der Waals surface area contributed by atoms with E-state index in [0.717, 1.165) is 48.4 Å². The average Bonchev–Trinajstić information content (AvgIpc) is 3.50. The Morgan fingerprint density at radius 3 is 2.34 bits per heavy atom. The molecule has 1 fully saturated rings. The third-order valence-corrected chi connectivity index (χ3v) is 8.10. The Bertz CT molecular complexity index is 1570. The van der Waals surface area contributed by atoms with Gasteiger partial charge in [0.15, 0.2) is 0 Å². The second-order valence-corrected chi connectivity index (χ2v) is 12.2. The minimum absolute atomic E-state index is 0.00800. The number of hydrogen-bond acceptors (Lipinski definition) is 6. The Kier molecular flexibility index (Phi) is 9.75. The molecule has 9 heteroatoms. The number of rotatable bonds is 10. The van der Waals surface area contributed by atoms with E-state index in [1.807, 2.05) is 48.7 Å². The first kappa shape index (κ1) is 30.9. The van der Waals surface area contributed by atoms with Crippen LogP contribution in [0.2, 0.25) is 0 Å². The fourth-order valence-electron chi connectivity index (χ4n) is 5.48. The minimum atomic E-state index is -0.258. The lowest BCUT2D eigenvalue weighted by molar-refractivity contribution is 0.0712. The summed E-state index contributed by atoms with van der Waals surface area (Å²) in [5.74, 6) is 0.873. The molecule has 1 saturated heterocycles. The summed E-state index contributed by atoms with van der Waals surface area (Å²) >= 11 is 0. The molecule has 0 aliphatic carbocycles. The summed E-state index contributed by atoms with van der Waals surface area (Å²) in [6.45, 7) is 9.20. The number of nitrogens with one attached hydrogen (secondary N) is 2. The summed E-state index contributed by atoms with van der Waals surface area (Å²) in [4.78, 5) is 34.8. The maximum absolute atomic E-state index is 13.5. The van der Waals surface area contributed by atoms with Crippen molar-refractivity contribution < 1.29 is 9.59 Å². The Balaban J connectivity index is 1.16. The third kappa shape index (κ3) is 7.71. The fraction of sp³-hybridized carbons (Fsp3) is 0.371. The maximum Gasteiger partial charge on any atom is 0.257 e. The summed E-state index contributed by atoms with van der Waals surface area (Å²) in [5, 5.41) is 10.7. The highest BCUT2D eigenvalue weighted by atomic mass is 16.2. The largest absolute Gasteiger partial charge is 0.368 e. The Labute approximate surface area is 260 Å². The average molecular weight is 594 g/mol. The van der Waals surface area contributed by atoms with Gasteiger partial charge in [0.1, 0.15) is 5.82 Å². The van der Waals surface area contributed by atoms with Gasteiger partial charge in [0.25, 0.3) is 11.8 Å². The molecule has 9 nitrogen and oxygen atoms in total. The van der Waals surface area contributed by atoms with Gasteiger partial charge in [0.05, 0.1) is 18.3 Å². The lowest BCUT2D eigenvalue weighted by Crippen LogP contribution is -2.38. The highest BCUT2D eigenvalue weighted by Gasteiger charge is 2.25. The second-order valence-electron chi connectivity index (χ2n) is 12.2. The lowest BCUT2D eigenvalue weighted by atomic mass is 9.88. The summed E-state index contributed by atoms with van der Waals surface area (Å²) < 4.78 is 1.99. The zero-order chi connectivity index (χ0) is 31.2. The quantitative estimate of drug-likeness (QED) is 0.238. The predicted molar refractivity (Wildman–Crippen MR) is 176 cm³/mol. The van der Waals surface area contributed by atoms with Crippen LogP contribution in [0.3, 0.4) is 0 Å². The van der Waals surface area contributed by atoms with E-state index < -0.39 is 0 Å². The molecule has 0 bridgehead atoms. The zero-order valence-corrected chi connectivity index (χ0v) is 26.4. The van der Waals surface area contributed by atoms with Crippen LogP contribution in [0.15, 0.2) is 73.2 Å². The molecule has 0 saturated carbocycles. The highest BCUT2D eigenvalue weighted by molar-refractivity contribution is 6.05. The van der Waals surface area contributed by atoms with Crippen molar-refractivity contribution in [2.24, 2.45) is 0 Å². The van der Waals surface area contributed by atoms with Crippen molar-refractivity contribution in [1.82, 2.24) is 24.6 Å². The van der Waals surface area contributed by atoms with E-state index in [1.54, 1.807) is 24.4 Å². The van der Waals surface area contributed by atoms with Gasteiger partial charge in [-0.2, -0.15) is 5.10 Å². The van der Waals surface area contributed by atoms with Gasteiger partial charge in [-0.05, 0) is 94.6 Å². The summed E-state index contributed by atoms with van der Waals surface area (Å²) in [7, 11) is 4.13. The van der Waals surface area contributed by atoms with Crippen LogP contribution >= 0.6 is 0 Å². The van der Waals surface area contributed by atoms with Gasteiger partial charge in [-0.25, -0.2) is 4.98 Å². The van der Waals surface area contributed by atoms with Crippen LogP contribution < -0.4 is 10.6 Å². The van der Waals surface area contributed by atoms with Gasteiger partial charge in [0.2, 0.25) is 0 Å². The predicted octanol–water partition coefficient (Wildman–Crippen LogP) is 5.91. The molecule has 44 heavy (non-hydrogen) atoms. The van der Waals surface area contributed by atoms with Crippen LogP contribution in [0.25, 0.3) is 11.1 Å². The van der Waals surface area contributed by atoms with Gasteiger partial charge in [0, 0.05) is 54.9 Å². The highest BCUT2D eigenvalue weighted by Crippen LogP contribution is 2.31. The number of amides is 2. The molecule has 230 valence electrons. The number of hydrogen-bond donors (Lipinski definition) is 2. The Hall–Kier alpha value is -4.50. The molecule has 1 aliphatic heterocycles. The standard InChI is InChI=1S/C35H43N7O2/c1-24(2)38-33-13-12-30(21-36-33)34(43)39-32-20-29(7-6-25(32)3)35(44)41-16-14-28(15-17-41)26-8-10-27(11-9-26)31-22-37-42(23-31)19-18-40(4)5/h6-13,20-24,28H,14-19H2,1-5H3,(H,36,38)(H,39,43). The topological polar surface area (TPSA) is 95.4 Å². The SMILES string of the molecule is Cc1ccc(C(=O)N2CCC(c3ccc(-c4cnn(CCN(C)C)c4)cc3)CC2)cc1NC(=O)c1ccc(NC(C)C)nc1. The number of carbonyl (C=O) groups is 2. The summed E-state index contributed by atoms with van der Waals surface area (Å²) in [5.41, 5.74) is 6.15. The van der Waals surface area contributed by atoms with Gasteiger partial charge < -0.3 is 20.4 Å². The number of carbonyl (C=O) groups excluding carboxylic acids is 2. The van der Waals surface area contributed by atoms with Gasteiger partial charge in [-0.3, -0.25) is 14.3 Å². The first-order valence-electron chi connectivity index (χ1n) is 15.4. The van der Waals surface area contributed by atoms with E-state index in [9.17, 15) is 9.59 Å². The fourth-order valence-corrected chi connectivity index (χ4v) is 5.48. The number of pyridine rings is 1. The number of likely N-dealkylation sites (tertiary alicyclic amines) is 1. The third-order valence-electron chi connectivity index (χ3n) is 8.10. The Morgan fingerprint density at radius 1 is 0.955 bits per heavy atom. The monoisotopic (exact) mass is 593 g/mol. The van der Waals surface area contributed by atoms with E-state index >= 15 is 0 Å². The van der Waals surface area contributed by atoms with Crippen LogP contribution in [0.1, 0.15) is 64.4 Å². The molecule has 0 radical (unpaired) electrons. The van der Waals surface area contributed by atoms with Gasteiger partial charge in [-0.15, -0.1) is 0 Å². The minimum Gasteiger partial charge on any atom is -0.368 e. The number of benzene rings is 2. The van der Waals surface area contributed by atoms with Crippen LogP contribution in [0.5, 0.6) is 0 Å². The van der Waals surface area contributed by atoms with Crippen molar-refractivity contribution in [3.05, 3.63) is 95.4 Å². The number of aryl methyl sites for hydroxylation is 1. The number of nitrogens with zero attached hydrogens (tertiary/aromatic N) is 5. The molecule has 1 aliphatic rings. The van der Waals surface area contributed by atoms with E-state index in [4.69, 9.17) is 0 Å².